The summed E-state index contributed by atoms with van der Waals surface area (Å²) in [5.74, 6) is 0. The summed E-state index contributed by atoms with van der Waals surface area (Å²) in [5, 5.41) is 8.76. The van der Waals surface area contributed by atoms with E-state index in [4.69, 9.17) is 27.8 Å². The Labute approximate surface area is 102 Å². The number of anilines is 1. The zero-order valence-electron chi connectivity index (χ0n) is 8.41. The van der Waals surface area contributed by atoms with Crippen LogP contribution in [0.25, 0.3) is 11.0 Å². The van der Waals surface area contributed by atoms with E-state index in [0.29, 0.717) is 21.1 Å². The predicted molar refractivity (Wildman–Crippen MR) is 63.3 cm³/mol. The summed E-state index contributed by atoms with van der Waals surface area (Å²) < 4.78 is 4.73. The van der Waals surface area contributed by atoms with E-state index < -0.39 is 0 Å². The van der Waals surface area contributed by atoms with Crippen molar-refractivity contribution in [1.29, 1.82) is 0 Å². The van der Waals surface area contributed by atoms with Crippen molar-refractivity contribution < 1.29 is 4.63 Å². The zero-order valence-corrected chi connectivity index (χ0v) is 9.92. The fourth-order valence-corrected chi connectivity index (χ4v) is 2.71. The van der Waals surface area contributed by atoms with Gasteiger partial charge in [0.2, 0.25) is 0 Å². The molecule has 0 radical (unpaired) electrons. The molecule has 16 heavy (non-hydrogen) atoms. The Morgan fingerprint density at radius 1 is 1.06 bits per heavy atom. The Morgan fingerprint density at radius 2 is 1.75 bits per heavy atom. The van der Waals surface area contributed by atoms with Gasteiger partial charge in [-0.2, -0.15) is 0 Å². The molecular formula is C10H9Cl2N3O. The standard InChI is InChI=1S/C10H9Cl2N3O/c11-6-5-7(12)10(15-3-1-2-4-15)9-8(6)13-16-14-9/h5H,1-4H2. The van der Waals surface area contributed by atoms with E-state index in [-0.39, 0.29) is 0 Å². The van der Waals surface area contributed by atoms with Gasteiger partial charge in [-0.3, -0.25) is 0 Å². The molecule has 2 heterocycles. The molecule has 0 N–H and O–H groups in total. The van der Waals surface area contributed by atoms with Crippen molar-refractivity contribution in [3.8, 4) is 0 Å². The van der Waals surface area contributed by atoms with Gasteiger partial charge in [0.15, 0.2) is 11.0 Å². The largest absolute Gasteiger partial charge is 0.368 e. The highest BCUT2D eigenvalue weighted by Gasteiger charge is 2.22. The number of hydrogen-bond donors (Lipinski definition) is 0. The van der Waals surface area contributed by atoms with E-state index in [1.54, 1.807) is 6.07 Å². The van der Waals surface area contributed by atoms with Crippen molar-refractivity contribution in [1.82, 2.24) is 10.3 Å². The molecule has 3 rings (SSSR count). The van der Waals surface area contributed by atoms with Crippen LogP contribution in [0.1, 0.15) is 12.8 Å². The Bertz CT molecular complexity index is 534. The molecule has 2 aromatic rings. The Kier molecular flexibility index (Phi) is 2.41. The fourth-order valence-electron chi connectivity index (χ4n) is 2.10. The van der Waals surface area contributed by atoms with Gasteiger partial charge in [-0.25, -0.2) is 4.63 Å². The van der Waals surface area contributed by atoms with Crippen LogP contribution in [-0.4, -0.2) is 23.4 Å². The summed E-state index contributed by atoms with van der Waals surface area (Å²) in [6.45, 7) is 1.98. The molecule has 0 atom stereocenters. The topological polar surface area (TPSA) is 42.2 Å². The molecule has 0 spiro atoms. The first kappa shape index (κ1) is 10.2. The van der Waals surface area contributed by atoms with Gasteiger partial charge < -0.3 is 4.90 Å². The minimum atomic E-state index is 0.476. The van der Waals surface area contributed by atoms with E-state index in [9.17, 15) is 0 Å². The average Bonchev–Trinajstić information content (AvgIpc) is 2.86. The van der Waals surface area contributed by atoms with Crippen molar-refractivity contribution in [2.75, 3.05) is 18.0 Å². The molecule has 1 saturated heterocycles. The monoisotopic (exact) mass is 257 g/mol. The molecule has 1 fully saturated rings. The van der Waals surface area contributed by atoms with Crippen LogP contribution in [0, 0.1) is 0 Å². The van der Waals surface area contributed by atoms with E-state index >= 15 is 0 Å². The third-order valence-corrected chi connectivity index (χ3v) is 3.42. The third kappa shape index (κ3) is 1.44. The lowest BCUT2D eigenvalue weighted by atomic mass is 10.2. The molecule has 0 aliphatic carbocycles. The average molecular weight is 258 g/mol. The molecule has 0 amide bonds. The van der Waals surface area contributed by atoms with Gasteiger partial charge >= 0.3 is 0 Å². The molecule has 0 bridgehead atoms. The van der Waals surface area contributed by atoms with Crippen LogP contribution >= 0.6 is 23.2 Å². The molecule has 0 unspecified atom stereocenters. The van der Waals surface area contributed by atoms with E-state index in [2.05, 4.69) is 15.2 Å². The molecule has 84 valence electrons. The lowest BCUT2D eigenvalue weighted by Gasteiger charge is -2.18. The first-order chi connectivity index (χ1) is 7.77. The Hall–Kier alpha value is -1.00. The van der Waals surface area contributed by atoms with Gasteiger partial charge in [0.1, 0.15) is 0 Å². The number of benzene rings is 1. The first-order valence-corrected chi connectivity index (χ1v) is 5.88. The maximum atomic E-state index is 6.21. The van der Waals surface area contributed by atoms with Crippen molar-refractivity contribution in [3.63, 3.8) is 0 Å². The number of aromatic nitrogens is 2. The predicted octanol–water partition coefficient (Wildman–Crippen LogP) is 3.13. The van der Waals surface area contributed by atoms with Gasteiger partial charge in [-0.05, 0) is 29.2 Å². The van der Waals surface area contributed by atoms with Crippen LogP contribution in [0.4, 0.5) is 5.69 Å². The van der Waals surface area contributed by atoms with Crippen LogP contribution in [0.5, 0.6) is 0 Å². The minimum Gasteiger partial charge on any atom is -0.368 e. The summed E-state index contributed by atoms with van der Waals surface area (Å²) in [7, 11) is 0. The van der Waals surface area contributed by atoms with Crippen LogP contribution < -0.4 is 4.90 Å². The zero-order chi connectivity index (χ0) is 11.1. The lowest BCUT2D eigenvalue weighted by molar-refractivity contribution is 0.315. The van der Waals surface area contributed by atoms with E-state index in [1.807, 2.05) is 0 Å². The number of fused-ring (bicyclic) bond motifs is 1. The van der Waals surface area contributed by atoms with Crippen LogP contribution in [-0.2, 0) is 0 Å². The third-order valence-electron chi connectivity index (χ3n) is 2.84. The smallest absolute Gasteiger partial charge is 0.161 e. The fraction of sp³-hybridized carbons (Fsp3) is 0.400. The lowest BCUT2D eigenvalue weighted by Crippen LogP contribution is -2.18. The second-order valence-corrected chi connectivity index (χ2v) is 4.66. The van der Waals surface area contributed by atoms with Gasteiger partial charge in [-0.15, -0.1) is 0 Å². The molecular weight excluding hydrogens is 249 g/mol. The molecule has 6 heteroatoms. The van der Waals surface area contributed by atoms with Gasteiger partial charge in [0.25, 0.3) is 0 Å². The van der Waals surface area contributed by atoms with Crippen LogP contribution in [0.3, 0.4) is 0 Å². The highest BCUT2D eigenvalue weighted by atomic mass is 35.5. The minimum absolute atomic E-state index is 0.476. The number of hydrogen-bond acceptors (Lipinski definition) is 4. The van der Waals surface area contributed by atoms with Gasteiger partial charge in [-0.1, -0.05) is 23.2 Å². The van der Waals surface area contributed by atoms with Gasteiger partial charge in [0, 0.05) is 13.1 Å². The number of halogens is 2. The van der Waals surface area contributed by atoms with Crippen molar-refractivity contribution >= 4 is 39.9 Å². The number of nitrogens with zero attached hydrogens (tertiary/aromatic N) is 3. The second-order valence-electron chi connectivity index (χ2n) is 3.84. The SMILES string of the molecule is Clc1cc(Cl)c2nonc2c1N1CCCC1. The van der Waals surface area contributed by atoms with Crippen LogP contribution in [0.15, 0.2) is 10.7 Å². The van der Waals surface area contributed by atoms with Crippen molar-refractivity contribution in [3.05, 3.63) is 16.1 Å². The molecule has 0 saturated carbocycles. The highest BCUT2D eigenvalue weighted by molar-refractivity contribution is 6.40. The first-order valence-electron chi connectivity index (χ1n) is 5.12. The summed E-state index contributed by atoms with van der Waals surface area (Å²) in [5.41, 5.74) is 2.12. The molecule has 4 nitrogen and oxygen atoms in total. The maximum absolute atomic E-state index is 6.21. The normalized spacial score (nSPS) is 16.2. The molecule has 1 aliphatic heterocycles. The number of rotatable bonds is 1. The Morgan fingerprint density at radius 3 is 2.50 bits per heavy atom. The second kappa shape index (κ2) is 3.79. The maximum Gasteiger partial charge on any atom is 0.161 e. The summed E-state index contributed by atoms with van der Waals surface area (Å²) in [4.78, 5) is 2.20. The highest BCUT2D eigenvalue weighted by Crippen LogP contribution is 2.38. The van der Waals surface area contributed by atoms with E-state index in [0.717, 1.165) is 18.8 Å². The quantitative estimate of drug-likeness (QED) is 0.788. The van der Waals surface area contributed by atoms with Gasteiger partial charge in [0.05, 0.1) is 15.7 Å². The van der Waals surface area contributed by atoms with Crippen LogP contribution in [0.2, 0.25) is 10.0 Å². The summed E-state index contributed by atoms with van der Waals surface area (Å²) in [6, 6.07) is 1.70. The molecule has 1 aliphatic rings. The van der Waals surface area contributed by atoms with Crippen molar-refractivity contribution in [2.45, 2.75) is 12.8 Å². The van der Waals surface area contributed by atoms with E-state index in [1.165, 1.54) is 12.8 Å². The summed E-state index contributed by atoms with van der Waals surface area (Å²) in [6.07, 6.45) is 2.34. The Balaban J connectivity index is 2.25. The molecule has 1 aromatic carbocycles. The summed E-state index contributed by atoms with van der Waals surface area (Å²) >= 11 is 12.2. The molecule has 1 aromatic heterocycles. The van der Waals surface area contributed by atoms with Crippen molar-refractivity contribution in [2.24, 2.45) is 0 Å².